The summed E-state index contributed by atoms with van der Waals surface area (Å²) in [6.07, 6.45) is 3.85. The SMILES string of the molecule is Cc1cnn(C[C@@H]2CN(CC(=O)Nc3cc(C)on3)CCO2)c1. The zero-order valence-electron chi connectivity index (χ0n) is 13.4. The Morgan fingerprint density at radius 2 is 2.35 bits per heavy atom. The molecule has 1 fully saturated rings. The van der Waals surface area contributed by atoms with Gasteiger partial charge in [-0.15, -0.1) is 0 Å². The van der Waals surface area contributed by atoms with Crippen LogP contribution >= 0.6 is 0 Å². The molecule has 3 rings (SSSR count). The van der Waals surface area contributed by atoms with Crippen molar-refractivity contribution in [3.05, 3.63) is 29.8 Å². The first-order valence-electron chi connectivity index (χ1n) is 7.64. The van der Waals surface area contributed by atoms with E-state index in [-0.39, 0.29) is 12.0 Å². The highest BCUT2D eigenvalue weighted by Crippen LogP contribution is 2.10. The minimum absolute atomic E-state index is 0.0325. The molecule has 124 valence electrons. The van der Waals surface area contributed by atoms with Gasteiger partial charge < -0.3 is 14.6 Å². The summed E-state index contributed by atoms with van der Waals surface area (Å²) >= 11 is 0. The lowest BCUT2D eigenvalue weighted by Gasteiger charge is -2.32. The maximum absolute atomic E-state index is 12.1. The number of nitrogens with one attached hydrogen (secondary N) is 1. The third-order valence-electron chi connectivity index (χ3n) is 3.64. The number of hydrogen-bond acceptors (Lipinski definition) is 6. The molecule has 0 saturated carbocycles. The first kappa shape index (κ1) is 15.7. The first-order chi connectivity index (χ1) is 11.1. The lowest BCUT2D eigenvalue weighted by molar-refractivity contribution is -0.119. The van der Waals surface area contributed by atoms with E-state index in [1.165, 1.54) is 0 Å². The maximum Gasteiger partial charge on any atom is 0.239 e. The Balaban J connectivity index is 1.49. The van der Waals surface area contributed by atoms with Crippen molar-refractivity contribution >= 4 is 11.7 Å². The number of ether oxygens (including phenoxy) is 1. The molecule has 23 heavy (non-hydrogen) atoms. The Labute approximate surface area is 134 Å². The van der Waals surface area contributed by atoms with Gasteiger partial charge in [0, 0.05) is 25.4 Å². The molecule has 8 nitrogen and oxygen atoms in total. The van der Waals surface area contributed by atoms with Crippen LogP contribution in [0.4, 0.5) is 5.82 Å². The van der Waals surface area contributed by atoms with Gasteiger partial charge in [-0.2, -0.15) is 5.10 Å². The molecule has 1 saturated heterocycles. The summed E-state index contributed by atoms with van der Waals surface area (Å²) < 4.78 is 12.6. The highest BCUT2D eigenvalue weighted by molar-refractivity contribution is 5.91. The number of aryl methyl sites for hydroxylation is 2. The van der Waals surface area contributed by atoms with Crippen molar-refractivity contribution in [2.75, 3.05) is 31.6 Å². The Morgan fingerprint density at radius 1 is 1.48 bits per heavy atom. The molecule has 1 atom stereocenters. The molecule has 1 amide bonds. The molecule has 0 spiro atoms. The Bertz CT molecular complexity index is 666. The molecule has 0 aromatic carbocycles. The third-order valence-corrected chi connectivity index (χ3v) is 3.64. The first-order valence-corrected chi connectivity index (χ1v) is 7.64. The van der Waals surface area contributed by atoms with Crippen LogP contribution in [0.25, 0.3) is 0 Å². The van der Waals surface area contributed by atoms with E-state index in [4.69, 9.17) is 9.26 Å². The molecule has 1 aliphatic heterocycles. The average Bonchev–Trinajstić information content (AvgIpc) is 3.08. The highest BCUT2D eigenvalue weighted by atomic mass is 16.5. The predicted molar refractivity (Wildman–Crippen MR) is 83.0 cm³/mol. The molecule has 1 N–H and O–H groups in total. The largest absolute Gasteiger partial charge is 0.374 e. The van der Waals surface area contributed by atoms with Gasteiger partial charge in [0.15, 0.2) is 5.82 Å². The second kappa shape index (κ2) is 6.93. The molecule has 8 heteroatoms. The van der Waals surface area contributed by atoms with Crippen molar-refractivity contribution in [2.45, 2.75) is 26.5 Å². The number of anilines is 1. The number of morpholine rings is 1. The zero-order valence-corrected chi connectivity index (χ0v) is 13.4. The molecular weight excluding hydrogens is 298 g/mol. The molecular formula is C15H21N5O3. The van der Waals surface area contributed by atoms with E-state index < -0.39 is 0 Å². The molecule has 0 radical (unpaired) electrons. The molecule has 2 aromatic rings. The minimum Gasteiger partial charge on any atom is -0.374 e. The highest BCUT2D eigenvalue weighted by Gasteiger charge is 2.23. The van der Waals surface area contributed by atoms with E-state index >= 15 is 0 Å². The van der Waals surface area contributed by atoms with Gasteiger partial charge >= 0.3 is 0 Å². The van der Waals surface area contributed by atoms with Gasteiger partial charge in [-0.05, 0) is 19.4 Å². The van der Waals surface area contributed by atoms with Gasteiger partial charge in [0.05, 0.1) is 32.0 Å². The number of nitrogens with zero attached hydrogens (tertiary/aromatic N) is 4. The van der Waals surface area contributed by atoms with Crippen LogP contribution in [0.3, 0.4) is 0 Å². The molecule has 2 aromatic heterocycles. The van der Waals surface area contributed by atoms with Crippen molar-refractivity contribution in [1.82, 2.24) is 19.8 Å². The summed E-state index contributed by atoms with van der Waals surface area (Å²) in [6.45, 7) is 6.84. The van der Waals surface area contributed by atoms with Gasteiger partial charge in [-0.1, -0.05) is 5.16 Å². The smallest absolute Gasteiger partial charge is 0.239 e. The average molecular weight is 319 g/mol. The van der Waals surface area contributed by atoms with E-state index in [0.717, 1.165) is 12.1 Å². The van der Waals surface area contributed by atoms with Crippen molar-refractivity contribution in [3.8, 4) is 0 Å². The number of hydrogen-bond donors (Lipinski definition) is 1. The fourth-order valence-corrected chi connectivity index (χ4v) is 2.62. The van der Waals surface area contributed by atoms with Gasteiger partial charge in [0.1, 0.15) is 5.76 Å². The normalized spacial score (nSPS) is 19.0. The lowest BCUT2D eigenvalue weighted by atomic mass is 10.2. The number of amides is 1. The Kier molecular flexibility index (Phi) is 4.73. The van der Waals surface area contributed by atoms with E-state index in [1.807, 2.05) is 24.0 Å². The van der Waals surface area contributed by atoms with E-state index in [0.29, 0.717) is 37.8 Å². The molecule has 0 bridgehead atoms. The fraction of sp³-hybridized carbons (Fsp3) is 0.533. The summed E-state index contributed by atoms with van der Waals surface area (Å²) in [7, 11) is 0. The number of carbonyl (C=O) groups excluding carboxylic acids is 1. The van der Waals surface area contributed by atoms with Crippen LogP contribution in [0.1, 0.15) is 11.3 Å². The number of carbonyl (C=O) groups is 1. The number of aromatic nitrogens is 3. The minimum atomic E-state index is -0.103. The second-order valence-electron chi connectivity index (χ2n) is 5.84. The summed E-state index contributed by atoms with van der Waals surface area (Å²) in [6, 6.07) is 1.69. The lowest BCUT2D eigenvalue weighted by Crippen LogP contribution is -2.47. The molecule has 3 heterocycles. The molecule has 0 aliphatic carbocycles. The van der Waals surface area contributed by atoms with Gasteiger partial charge in [0.25, 0.3) is 0 Å². The number of rotatable bonds is 5. The van der Waals surface area contributed by atoms with Crippen molar-refractivity contribution in [1.29, 1.82) is 0 Å². The van der Waals surface area contributed by atoms with Crippen LogP contribution in [0.2, 0.25) is 0 Å². The Morgan fingerprint density at radius 3 is 3.04 bits per heavy atom. The molecule has 1 aliphatic rings. The summed E-state index contributed by atoms with van der Waals surface area (Å²) in [4.78, 5) is 14.1. The van der Waals surface area contributed by atoms with Crippen molar-refractivity contribution in [2.24, 2.45) is 0 Å². The van der Waals surface area contributed by atoms with Crippen molar-refractivity contribution in [3.63, 3.8) is 0 Å². The predicted octanol–water partition coefficient (Wildman–Crippen LogP) is 0.827. The van der Waals surface area contributed by atoms with Crippen LogP contribution in [-0.2, 0) is 16.1 Å². The van der Waals surface area contributed by atoms with Crippen molar-refractivity contribution < 1.29 is 14.1 Å². The van der Waals surface area contributed by atoms with Crippen LogP contribution in [-0.4, -0.2) is 58.1 Å². The summed E-state index contributed by atoms with van der Waals surface area (Å²) in [5.41, 5.74) is 1.12. The van der Waals surface area contributed by atoms with Gasteiger partial charge in [-0.3, -0.25) is 14.4 Å². The maximum atomic E-state index is 12.1. The van der Waals surface area contributed by atoms with Crippen LogP contribution in [0.5, 0.6) is 0 Å². The topological polar surface area (TPSA) is 85.4 Å². The summed E-state index contributed by atoms with van der Waals surface area (Å²) in [5, 5.41) is 10.8. The Hall–Kier alpha value is -2.19. The standard InChI is InChI=1S/C15H21N5O3/c1-11-6-16-20(7-11)9-13-8-19(3-4-22-13)10-15(21)17-14-5-12(2)23-18-14/h5-7,13H,3-4,8-10H2,1-2H3,(H,17,18,21)/t13-/m0/s1. The van der Waals surface area contributed by atoms with Gasteiger partial charge in [-0.25, -0.2) is 0 Å². The van der Waals surface area contributed by atoms with Crippen LogP contribution in [0.15, 0.2) is 23.0 Å². The van der Waals surface area contributed by atoms with E-state index in [1.54, 1.807) is 13.0 Å². The molecule has 0 unspecified atom stereocenters. The zero-order chi connectivity index (χ0) is 16.2. The fourth-order valence-electron chi connectivity index (χ4n) is 2.62. The van der Waals surface area contributed by atoms with Gasteiger partial charge in [0.2, 0.25) is 5.91 Å². The van der Waals surface area contributed by atoms with Crippen LogP contribution < -0.4 is 5.32 Å². The van der Waals surface area contributed by atoms with E-state index in [9.17, 15) is 4.79 Å². The van der Waals surface area contributed by atoms with Crippen LogP contribution in [0, 0.1) is 13.8 Å². The third kappa shape index (κ3) is 4.40. The summed E-state index contributed by atoms with van der Waals surface area (Å²) in [5.74, 6) is 1.01. The monoisotopic (exact) mass is 319 g/mol. The second-order valence-corrected chi connectivity index (χ2v) is 5.84. The quantitative estimate of drug-likeness (QED) is 0.878. The van der Waals surface area contributed by atoms with E-state index in [2.05, 4.69) is 20.5 Å².